The van der Waals surface area contributed by atoms with Crippen LogP contribution >= 0.6 is 11.3 Å². The second-order valence-electron chi connectivity index (χ2n) is 5.98. The lowest BCUT2D eigenvalue weighted by molar-refractivity contribution is -0.122. The number of anilines is 1. The molecule has 1 fully saturated rings. The molecule has 1 amide bonds. The minimum Gasteiger partial charge on any atom is -0.353 e. The molecule has 2 aromatic heterocycles. The number of nitrogens with zero attached hydrogens (tertiary/aromatic N) is 4. The van der Waals surface area contributed by atoms with Crippen LogP contribution in [0.25, 0.3) is 10.2 Å². The van der Waals surface area contributed by atoms with Gasteiger partial charge in [-0.25, -0.2) is 9.97 Å². The highest BCUT2D eigenvalue weighted by atomic mass is 32.1. The Kier molecular flexibility index (Phi) is 5.07. The summed E-state index contributed by atoms with van der Waals surface area (Å²) in [6.07, 6.45) is 2.60. The molecule has 124 valence electrons. The summed E-state index contributed by atoms with van der Waals surface area (Å²) >= 11 is 1.64. The number of aromatic nitrogens is 2. The van der Waals surface area contributed by atoms with Crippen molar-refractivity contribution >= 4 is 33.3 Å². The fourth-order valence-corrected chi connectivity index (χ4v) is 3.50. The van der Waals surface area contributed by atoms with Gasteiger partial charge >= 0.3 is 0 Å². The van der Waals surface area contributed by atoms with Crippen LogP contribution in [0.4, 0.5) is 5.82 Å². The minimum atomic E-state index is 0.120. The standard InChI is InChI=1S/C16H23N5OS/c1-3-12(2)19-14(22)10-20-5-7-21(8-6-20)15-13-4-9-23-16(13)18-11-17-15/h4,9,11-12H,3,5-8,10H2,1-2H3,(H,19,22). The average molecular weight is 333 g/mol. The molecule has 7 heteroatoms. The highest BCUT2D eigenvalue weighted by Crippen LogP contribution is 2.27. The molecule has 1 unspecified atom stereocenters. The zero-order valence-corrected chi connectivity index (χ0v) is 14.5. The molecule has 1 saturated heterocycles. The number of nitrogens with one attached hydrogen (secondary N) is 1. The predicted octanol–water partition coefficient (Wildman–Crippen LogP) is 1.73. The van der Waals surface area contributed by atoms with Gasteiger partial charge in [-0.1, -0.05) is 6.92 Å². The SMILES string of the molecule is CCC(C)NC(=O)CN1CCN(c2ncnc3sccc23)CC1. The summed E-state index contributed by atoms with van der Waals surface area (Å²) in [6, 6.07) is 2.33. The van der Waals surface area contributed by atoms with E-state index < -0.39 is 0 Å². The Labute approximate surface area is 140 Å². The number of piperazine rings is 1. The third-order valence-electron chi connectivity index (χ3n) is 4.30. The Morgan fingerprint density at radius 2 is 2.13 bits per heavy atom. The van der Waals surface area contributed by atoms with E-state index in [-0.39, 0.29) is 11.9 Å². The lowest BCUT2D eigenvalue weighted by Crippen LogP contribution is -2.50. The molecule has 0 spiro atoms. The monoisotopic (exact) mass is 333 g/mol. The fourth-order valence-electron chi connectivity index (χ4n) is 2.77. The van der Waals surface area contributed by atoms with Crippen LogP contribution < -0.4 is 10.2 Å². The number of rotatable bonds is 5. The maximum atomic E-state index is 12.0. The molecule has 1 atom stereocenters. The van der Waals surface area contributed by atoms with Crippen LogP contribution in [0, 0.1) is 0 Å². The quantitative estimate of drug-likeness (QED) is 0.903. The van der Waals surface area contributed by atoms with Crippen molar-refractivity contribution in [3.63, 3.8) is 0 Å². The Hall–Kier alpha value is -1.73. The number of hydrogen-bond acceptors (Lipinski definition) is 6. The molecule has 3 rings (SSSR count). The third kappa shape index (κ3) is 3.79. The van der Waals surface area contributed by atoms with Gasteiger partial charge in [-0.05, 0) is 24.8 Å². The number of thiophene rings is 1. The molecule has 1 aliphatic rings. The van der Waals surface area contributed by atoms with Crippen LogP contribution in [-0.4, -0.2) is 59.5 Å². The van der Waals surface area contributed by atoms with Gasteiger partial charge in [-0.15, -0.1) is 11.3 Å². The molecular weight excluding hydrogens is 310 g/mol. The highest BCUT2D eigenvalue weighted by molar-refractivity contribution is 7.16. The molecule has 0 aliphatic carbocycles. The highest BCUT2D eigenvalue weighted by Gasteiger charge is 2.21. The van der Waals surface area contributed by atoms with Crippen molar-refractivity contribution in [1.82, 2.24) is 20.2 Å². The number of fused-ring (bicyclic) bond motifs is 1. The predicted molar refractivity (Wildman–Crippen MR) is 94.0 cm³/mol. The van der Waals surface area contributed by atoms with E-state index in [1.807, 2.05) is 6.92 Å². The van der Waals surface area contributed by atoms with Crippen molar-refractivity contribution in [3.8, 4) is 0 Å². The smallest absolute Gasteiger partial charge is 0.234 e. The maximum absolute atomic E-state index is 12.0. The summed E-state index contributed by atoms with van der Waals surface area (Å²) in [5.41, 5.74) is 0. The van der Waals surface area contributed by atoms with Gasteiger partial charge in [-0.2, -0.15) is 0 Å². The van der Waals surface area contributed by atoms with Crippen molar-refractivity contribution < 1.29 is 4.79 Å². The summed E-state index contributed by atoms with van der Waals surface area (Å²) in [5, 5.41) is 6.21. The number of carbonyl (C=O) groups is 1. The first kappa shape index (κ1) is 16.1. The van der Waals surface area contributed by atoms with Crippen molar-refractivity contribution in [2.24, 2.45) is 0 Å². The second-order valence-corrected chi connectivity index (χ2v) is 6.87. The Balaban J connectivity index is 1.56. The van der Waals surface area contributed by atoms with E-state index in [1.165, 1.54) is 0 Å². The van der Waals surface area contributed by atoms with Crippen LogP contribution in [0.15, 0.2) is 17.8 Å². The molecule has 2 aromatic rings. The molecule has 0 bridgehead atoms. The molecule has 0 radical (unpaired) electrons. The van der Waals surface area contributed by atoms with E-state index in [2.05, 4.69) is 43.5 Å². The van der Waals surface area contributed by atoms with E-state index in [1.54, 1.807) is 17.7 Å². The van der Waals surface area contributed by atoms with E-state index in [4.69, 9.17) is 0 Å². The largest absolute Gasteiger partial charge is 0.353 e. The van der Waals surface area contributed by atoms with Gasteiger partial charge in [0.2, 0.25) is 5.91 Å². The Morgan fingerprint density at radius 3 is 2.87 bits per heavy atom. The van der Waals surface area contributed by atoms with Crippen LogP contribution in [0.5, 0.6) is 0 Å². The molecule has 0 saturated carbocycles. The molecule has 23 heavy (non-hydrogen) atoms. The van der Waals surface area contributed by atoms with Crippen molar-refractivity contribution in [2.75, 3.05) is 37.6 Å². The van der Waals surface area contributed by atoms with E-state index in [0.29, 0.717) is 6.54 Å². The fraction of sp³-hybridized carbons (Fsp3) is 0.562. The van der Waals surface area contributed by atoms with Crippen molar-refractivity contribution in [1.29, 1.82) is 0 Å². The van der Waals surface area contributed by atoms with Crippen LogP contribution in [0.2, 0.25) is 0 Å². The maximum Gasteiger partial charge on any atom is 0.234 e. The van der Waals surface area contributed by atoms with Crippen LogP contribution in [-0.2, 0) is 4.79 Å². The minimum absolute atomic E-state index is 0.120. The summed E-state index contributed by atoms with van der Waals surface area (Å²) < 4.78 is 0. The van der Waals surface area contributed by atoms with E-state index >= 15 is 0 Å². The normalized spacial score (nSPS) is 17.4. The molecule has 6 nitrogen and oxygen atoms in total. The van der Waals surface area contributed by atoms with Gasteiger partial charge in [0.15, 0.2) is 0 Å². The first-order chi connectivity index (χ1) is 11.2. The van der Waals surface area contributed by atoms with Gasteiger partial charge in [0.1, 0.15) is 17.0 Å². The molecule has 0 aromatic carbocycles. The molecule has 3 heterocycles. The van der Waals surface area contributed by atoms with Crippen LogP contribution in [0.3, 0.4) is 0 Å². The Morgan fingerprint density at radius 1 is 1.35 bits per heavy atom. The summed E-state index contributed by atoms with van der Waals surface area (Å²) in [5.74, 6) is 1.13. The van der Waals surface area contributed by atoms with Crippen molar-refractivity contribution in [2.45, 2.75) is 26.3 Å². The zero-order chi connectivity index (χ0) is 16.2. The zero-order valence-electron chi connectivity index (χ0n) is 13.7. The lowest BCUT2D eigenvalue weighted by Gasteiger charge is -2.35. The molecular formula is C16H23N5OS. The summed E-state index contributed by atoms with van der Waals surface area (Å²) in [6.45, 7) is 8.13. The lowest BCUT2D eigenvalue weighted by atomic mass is 10.2. The summed E-state index contributed by atoms with van der Waals surface area (Å²) in [7, 11) is 0. The second kappa shape index (κ2) is 7.23. The van der Waals surface area contributed by atoms with E-state index in [0.717, 1.165) is 48.6 Å². The molecule has 1 N–H and O–H groups in total. The van der Waals surface area contributed by atoms with Crippen molar-refractivity contribution in [3.05, 3.63) is 17.8 Å². The molecule has 1 aliphatic heterocycles. The topological polar surface area (TPSA) is 61.4 Å². The van der Waals surface area contributed by atoms with Gasteiger partial charge in [0.05, 0.1) is 11.9 Å². The Bertz CT molecular complexity index is 665. The van der Waals surface area contributed by atoms with E-state index in [9.17, 15) is 4.79 Å². The number of carbonyl (C=O) groups excluding carboxylic acids is 1. The van der Waals surface area contributed by atoms with Gasteiger partial charge in [0.25, 0.3) is 0 Å². The third-order valence-corrected chi connectivity index (χ3v) is 5.12. The van der Waals surface area contributed by atoms with Crippen LogP contribution in [0.1, 0.15) is 20.3 Å². The first-order valence-corrected chi connectivity index (χ1v) is 9.00. The summed E-state index contributed by atoms with van der Waals surface area (Å²) in [4.78, 5) is 26.3. The average Bonchev–Trinajstić information content (AvgIpc) is 3.04. The van der Waals surface area contributed by atoms with Gasteiger partial charge in [0, 0.05) is 32.2 Å². The first-order valence-electron chi connectivity index (χ1n) is 8.12. The number of hydrogen-bond donors (Lipinski definition) is 1. The van der Waals surface area contributed by atoms with Gasteiger partial charge in [-0.3, -0.25) is 9.69 Å². The number of amides is 1. The van der Waals surface area contributed by atoms with Gasteiger partial charge < -0.3 is 10.2 Å².